The van der Waals surface area contributed by atoms with Gasteiger partial charge in [0.05, 0.1) is 6.04 Å². The number of nitrogens with zero attached hydrogens (tertiary/aromatic N) is 1. The van der Waals surface area contributed by atoms with Crippen LogP contribution < -0.4 is 11.5 Å². The average molecular weight is 245 g/mol. The van der Waals surface area contributed by atoms with E-state index in [1.165, 1.54) is 6.92 Å². The molecule has 0 aromatic heterocycles. The second kappa shape index (κ2) is 6.59. The Labute approximate surface area is 97.5 Å². The molecule has 2 atom stereocenters. The van der Waals surface area contributed by atoms with Gasteiger partial charge in [0.1, 0.15) is 6.04 Å². The first-order chi connectivity index (χ1) is 7.81. The minimum absolute atomic E-state index is 0.0888. The van der Waals surface area contributed by atoms with Crippen molar-refractivity contribution in [2.24, 2.45) is 11.5 Å². The van der Waals surface area contributed by atoms with E-state index < -0.39 is 29.9 Å². The highest BCUT2D eigenvalue weighted by atomic mass is 16.4. The van der Waals surface area contributed by atoms with Crippen LogP contribution in [0.25, 0.3) is 0 Å². The number of nitrogens with two attached hydrogens (primary N) is 2. The third-order valence-electron chi connectivity index (χ3n) is 2.04. The summed E-state index contributed by atoms with van der Waals surface area (Å²) in [6.07, 6.45) is -0.388. The number of carbonyl (C=O) groups excluding carboxylic acids is 3. The van der Waals surface area contributed by atoms with E-state index in [1.807, 2.05) is 0 Å². The van der Waals surface area contributed by atoms with Crippen molar-refractivity contribution in [3.05, 3.63) is 0 Å². The molecule has 0 saturated carbocycles. The Kier molecular flexibility index (Phi) is 5.83. The lowest BCUT2D eigenvalue weighted by Gasteiger charge is -2.24. The molecule has 8 nitrogen and oxygen atoms in total. The van der Waals surface area contributed by atoms with Gasteiger partial charge in [-0.2, -0.15) is 0 Å². The number of hydrogen-bond acceptors (Lipinski definition) is 5. The van der Waals surface area contributed by atoms with E-state index in [4.69, 9.17) is 16.6 Å². The second-order valence-corrected chi connectivity index (χ2v) is 3.50. The van der Waals surface area contributed by atoms with Gasteiger partial charge in [0.25, 0.3) is 0 Å². The van der Waals surface area contributed by atoms with E-state index in [-0.39, 0.29) is 19.3 Å². The summed E-state index contributed by atoms with van der Waals surface area (Å²) in [5, 5.41) is 8.87. The number of rotatable bonds is 7. The topological polar surface area (TPSA) is 144 Å². The average Bonchev–Trinajstić information content (AvgIpc) is 2.22. The molecule has 0 aliphatic rings. The number of carboxylic acid groups (broad SMARTS) is 1. The van der Waals surface area contributed by atoms with Crippen molar-refractivity contribution in [3.8, 4) is 0 Å². The largest absolute Gasteiger partial charge is 0.480 e. The quantitative estimate of drug-likeness (QED) is 0.444. The van der Waals surface area contributed by atoms with Crippen molar-refractivity contribution >= 4 is 24.2 Å². The smallest absolute Gasteiger partial charge is 0.326 e. The molecule has 0 radical (unpaired) electrons. The van der Waals surface area contributed by atoms with Gasteiger partial charge in [0.15, 0.2) is 0 Å². The third kappa shape index (κ3) is 4.60. The van der Waals surface area contributed by atoms with Gasteiger partial charge in [0.2, 0.25) is 18.2 Å². The van der Waals surface area contributed by atoms with Gasteiger partial charge in [-0.1, -0.05) is 0 Å². The third-order valence-corrected chi connectivity index (χ3v) is 2.04. The van der Waals surface area contributed by atoms with E-state index in [0.717, 1.165) is 0 Å². The van der Waals surface area contributed by atoms with Crippen LogP contribution in [0.1, 0.15) is 19.8 Å². The minimum atomic E-state index is -1.43. The summed E-state index contributed by atoms with van der Waals surface area (Å²) in [4.78, 5) is 44.1. The number of imide groups is 1. The summed E-state index contributed by atoms with van der Waals surface area (Å²) in [6, 6.07) is -2.44. The molecule has 96 valence electrons. The Morgan fingerprint density at radius 1 is 1.41 bits per heavy atom. The van der Waals surface area contributed by atoms with Gasteiger partial charge in [-0.05, 0) is 13.3 Å². The monoisotopic (exact) mass is 245 g/mol. The summed E-state index contributed by atoms with van der Waals surface area (Å²) in [5.74, 6) is -2.93. The number of carboxylic acids is 1. The molecular weight excluding hydrogens is 230 g/mol. The molecule has 17 heavy (non-hydrogen) atoms. The maximum Gasteiger partial charge on any atom is 0.326 e. The zero-order valence-electron chi connectivity index (χ0n) is 9.33. The number of amides is 3. The van der Waals surface area contributed by atoms with Crippen LogP contribution in [0.4, 0.5) is 0 Å². The van der Waals surface area contributed by atoms with Crippen LogP contribution in [0, 0.1) is 0 Å². The first-order valence-corrected chi connectivity index (χ1v) is 4.85. The van der Waals surface area contributed by atoms with E-state index in [0.29, 0.717) is 4.90 Å². The predicted molar refractivity (Wildman–Crippen MR) is 56.4 cm³/mol. The van der Waals surface area contributed by atoms with Crippen LogP contribution in [0.5, 0.6) is 0 Å². The highest BCUT2D eigenvalue weighted by Crippen LogP contribution is 2.07. The second-order valence-electron chi connectivity index (χ2n) is 3.50. The Morgan fingerprint density at radius 2 is 1.94 bits per heavy atom. The Bertz CT molecular complexity index is 329. The summed E-state index contributed by atoms with van der Waals surface area (Å²) in [6.45, 7) is 1.33. The van der Waals surface area contributed by atoms with Crippen LogP contribution >= 0.6 is 0 Å². The highest BCUT2D eigenvalue weighted by molar-refractivity contribution is 5.94. The molecule has 0 unspecified atom stereocenters. The summed E-state index contributed by atoms with van der Waals surface area (Å²) in [5.41, 5.74) is 10.1. The fraction of sp³-hybridized carbons (Fsp3) is 0.556. The maximum atomic E-state index is 11.5. The molecule has 3 amide bonds. The van der Waals surface area contributed by atoms with E-state index >= 15 is 0 Å². The number of hydrogen-bond donors (Lipinski definition) is 3. The molecule has 0 saturated heterocycles. The van der Waals surface area contributed by atoms with Crippen LogP contribution in [-0.2, 0) is 19.2 Å². The summed E-state index contributed by atoms with van der Waals surface area (Å²) >= 11 is 0. The van der Waals surface area contributed by atoms with Crippen LogP contribution in [0.3, 0.4) is 0 Å². The lowest BCUT2D eigenvalue weighted by Crippen LogP contribution is -2.50. The molecular formula is C9H15N3O5. The van der Waals surface area contributed by atoms with Crippen molar-refractivity contribution < 1.29 is 24.3 Å². The van der Waals surface area contributed by atoms with Crippen molar-refractivity contribution in [3.63, 3.8) is 0 Å². The van der Waals surface area contributed by atoms with E-state index in [9.17, 15) is 19.2 Å². The standard InChI is InChI=1S/C9H15N3O5/c1-5(10)8(15)12(4-13)6(9(16)17)2-3-7(11)14/h4-6H,2-3,10H2,1H3,(H2,11,14)(H,16,17)/t5-,6-/m0/s1. The molecule has 0 aliphatic carbocycles. The lowest BCUT2D eigenvalue weighted by molar-refractivity contribution is -0.154. The zero-order valence-corrected chi connectivity index (χ0v) is 9.33. The van der Waals surface area contributed by atoms with Gasteiger partial charge in [-0.15, -0.1) is 0 Å². The minimum Gasteiger partial charge on any atom is -0.480 e. The van der Waals surface area contributed by atoms with Gasteiger partial charge in [0, 0.05) is 6.42 Å². The maximum absolute atomic E-state index is 11.5. The first-order valence-electron chi connectivity index (χ1n) is 4.85. The van der Waals surface area contributed by atoms with E-state index in [2.05, 4.69) is 0 Å². The molecule has 5 N–H and O–H groups in total. The lowest BCUT2D eigenvalue weighted by atomic mass is 10.1. The Hall–Kier alpha value is -1.96. The molecule has 0 fully saturated rings. The Balaban J connectivity index is 4.87. The molecule has 0 aromatic rings. The number of carbonyl (C=O) groups is 4. The predicted octanol–water partition coefficient (Wildman–Crippen LogP) is -1.96. The van der Waals surface area contributed by atoms with E-state index in [1.54, 1.807) is 0 Å². The van der Waals surface area contributed by atoms with Gasteiger partial charge < -0.3 is 16.6 Å². The molecule has 0 heterocycles. The molecule has 8 heteroatoms. The van der Waals surface area contributed by atoms with Crippen LogP contribution in [0.2, 0.25) is 0 Å². The SMILES string of the molecule is C[C@H](N)C(=O)N(C=O)[C@@H](CCC(N)=O)C(=O)O. The number of aliphatic carboxylic acids is 1. The van der Waals surface area contributed by atoms with Crippen molar-refractivity contribution in [2.75, 3.05) is 0 Å². The van der Waals surface area contributed by atoms with Crippen LogP contribution in [0.15, 0.2) is 0 Å². The molecule has 0 aromatic carbocycles. The molecule has 0 rings (SSSR count). The van der Waals surface area contributed by atoms with Gasteiger partial charge in [-0.3, -0.25) is 19.3 Å². The molecule has 0 spiro atoms. The zero-order chi connectivity index (χ0) is 13.6. The van der Waals surface area contributed by atoms with Crippen molar-refractivity contribution in [2.45, 2.75) is 31.8 Å². The van der Waals surface area contributed by atoms with Gasteiger partial charge in [-0.25, -0.2) is 4.79 Å². The highest BCUT2D eigenvalue weighted by Gasteiger charge is 2.31. The first kappa shape index (κ1) is 15.0. The van der Waals surface area contributed by atoms with Crippen LogP contribution in [-0.4, -0.2) is 46.3 Å². The molecule has 0 aliphatic heterocycles. The number of primary amides is 1. The normalized spacial score (nSPS) is 13.5. The summed E-state index contributed by atoms with van der Waals surface area (Å²) in [7, 11) is 0. The van der Waals surface area contributed by atoms with Crippen molar-refractivity contribution in [1.82, 2.24) is 4.90 Å². The van der Waals surface area contributed by atoms with Gasteiger partial charge >= 0.3 is 5.97 Å². The summed E-state index contributed by atoms with van der Waals surface area (Å²) < 4.78 is 0. The fourth-order valence-electron chi connectivity index (χ4n) is 1.17. The fourth-order valence-corrected chi connectivity index (χ4v) is 1.17. The van der Waals surface area contributed by atoms with Crippen molar-refractivity contribution in [1.29, 1.82) is 0 Å². The Morgan fingerprint density at radius 3 is 2.24 bits per heavy atom. The molecule has 0 bridgehead atoms.